The van der Waals surface area contributed by atoms with Crippen molar-refractivity contribution in [3.05, 3.63) is 12.8 Å². The third-order valence-electron chi connectivity index (χ3n) is 3.43. The van der Waals surface area contributed by atoms with Gasteiger partial charge in [0.1, 0.15) is 5.41 Å². The molecule has 0 rings (SSSR count). The first-order chi connectivity index (χ1) is 7.99. The fourth-order valence-electron chi connectivity index (χ4n) is 2.21. The van der Waals surface area contributed by atoms with Crippen molar-refractivity contribution in [1.29, 1.82) is 0 Å². The van der Waals surface area contributed by atoms with Crippen LogP contribution in [0.25, 0.3) is 0 Å². The largest absolute Gasteiger partial charge is 0.434 e. The zero-order valence-electron chi connectivity index (χ0n) is 11.4. The van der Waals surface area contributed by atoms with E-state index in [1.54, 1.807) is 0 Å². The van der Waals surface area contributed by atoms with Crippen molar-refractivity contribution in [2.45, 2.75) is 53.4 Å². The fraction of sp³-hybridized carbons (Fsp3) is 0.714. The Hall–Kier alpha value is -1.12. The van der Waals surface area contributed by atoms with Gasteiger partial charge in [-0.15, -0.1) is 0 Å². The Morgan fingerprint density at radius 3 is 2.18 bits per heavy atom. The summed E-state index contributed by atoms with van der Waals surface area (Å²) < 4.78 is 4.84. The lowest BCUT2D eigenvalue weighted by molar-refractivity contribution is -0.157. The van der Waals surface area contributed by atoms with Crippen LogP contribution in [-0.4, -0.2) is 11.8 Å². The van der Waals surface area contributed by atoms with Crippen molar-refractivity contribution in [1.82, 2.24) is 0 Å². The maximum absolute atomic E-state index is 12.4. The average Bonchev–Trinajstić information content (AvgIpc) is 2.31. The molecule has 0 aliphatic carbocycles. The van der Waals surface area contributed by atoms with Crippen molar-refractivity contribution >= 4 is 11.8 Å². The summed E-state index contributed by atoms with van der Waals surface area (Å²) in [7, 11) is 0. The molecule has 0 aromatic heterocycles. The van der Waals surface area contributed by atoms with Crippen LogP contribution in [0.4, 0.5) is 0 Å². The van der Waals surface area contributed by atoms with E-state index < -0.39 is 11.4 Å². The van der Waals surface area contributed by atoms with Gasteiger partial charge in [-0.05, 0) is 19.3 Å². The van der Waals surface area contributed by atoms with Gasteiger partial charge in [0, 0.05) is 5.92 Å². The third-order valence-corrected chi connectivity index (χ3v) is 3.43. The molecule has 0 fully saturated rings. The van der Waals surface area contributed by atoms with Crippen LogP contribution < -0.4 is 0 Å². The van der Waals surface area contributed by atoms with E-state index in [1.807, 2.05) is 27.7 Å². The number of ether oxygens (including phenoxy) is 1. The molecular formula is C14H24O3. The summed E-state index contributed by atoms with van der Waals surface area (Å²) in [5, 5.41) is 0. The Labute approximate surface area is 104 Å². The molecular weight excluding hydrogens is 216 g/mol. The highest BCUT2D eigenvalue weighted by molar-refractivity contribution is 6.04. The van der Waals surface area contributed by atoms with Crippen molar-refractivity contribution in [2.24, 2.45) is 11.3 Å². The molecule has 0 aliphatic heterocycles. The number of rotatable bonds is 8. The van der Waals surface area contributed by atoms with Gasteiger partial charge < -0.3 is 4.74 Å². The van der Waals surface area contributed by atoms with Gasteiger partial charge in [-0.25, -0.2) is 0 Å². The molecule has 1 atom stereocenters. The van der Waals surface area contributed by atoms with Gasteiger partial charge >= 0.3 is 5.97 Å². The van der Waals surface area contributed by atoms with Crippen LogP contribution in [0.15, 0.2) is 12.8 Å². The molecule has 0 N–H and O–H groups in total. The van der Waals surface area contributed by atoms with Gasteiger partial charge in [0.05, 0.1) is 6.26 Å². The molecule has 3 nitrogen and oxygen atoms in total. The minimum absolute atomic E-state index is 0.00352. The molecule has 0 radical (unpaired) electrons. The quantitative estimate of drug-likeness (QED) is 0.370. The van der Waals surface area contributed by atoms with Crippen LogP contribution in [0.5, 0.6) is 0 Å². The van der Waals surface area contributed by atoms with E-state index >= 15 is 0 Å². The Kier molecular flexibility index (Phi) is 6.78. The average molecular weight is 240 g/mol. The predicted molar refractivity (Wildman–Crippen MR) is 68.4 cm³/mol. The van der Waals surface area contributed by atoms with Crippen LogP contribution in [0.2, 0.25) is 0 Å². The van der Waals surface area contributed by atoms with Gasteiger partial charge in [-0.1, -0.05) is 40.7 Å². The molecule has 0 aromatic rings. The summed E-state index contributed by atoms with van der Waals surface area (Å²) in [6.45, 7) is 11.0. The zero-order chi connectivity index (χ0) is 13.5. The van der Waals surface area contributed by atoms with Gasteiger partial charge in [0.15, 0.2) is 5.78 Å². The molecule has 0 aliphatic rings. The van der Waals surface area contributed by atoms with E-state index in [2.05, 4.69) is 6.58 Å². The second-order valence-corrected chi connectivity index (χ2v) is 4.42. The van der Waals surface area contributed by atoms with Crippen molar-refractivity contribution in [3.63, 3.8) is 0 Å². The first-order valence-electron chi connectivity index (χ1n) is 6.36. The Bertz CT molecular complexity index is 277. The number of Topliss-reactive ketones (excluding diaryl/α,β-unsaturated/α-hetero) is 1. The molecule has 3 heteroatoms. The van der Waals surface area contributed by atoms with Crippen LogP contribution in [0.3, 0.4) is 0 Å². The lowest BCUT2D eigenvalue weighted by Gasteiger charge is -2.29. The van der Waals surface area contributed by atoms with Gasteiger partial charge in [0.25, 0.3) is 0 Å². The monoisotopic (exact) mass is 240 g/mol. The second kappa shape index (κ2) is 7.25. The topological polar surface area (TPSA) is 43.4 Å². The van der Waals surface area contributed by atoms with E-state index in [0.717, 1.165) is 19.1 Å². The minimum Gasteiger partial charge on any atom is -0.434 e. The fourth-order valence-corrected chi connectivity index (χ4v) is 2.21. The first kappa shape index (κ1) is 15.9. The number of esters is 1. The molecule has 0 bridgehead atoms. The predicted octanol–water partition coefficient (Wildman–Crippen LogP) is 3.48. The third kappa shape index (κ3) is 3.42. The summed E-state index contributed by atoms with van der Waals surface area (Å²) in [4.78, 5) is 24.4. The SMILES string of the molecule is C=COC(=O)C(CC)(CC)C(=O)C(C)CCC. The molecule has 1 unspecified atom stereocenters. The van der Waals surface area contributed by atoms with E-state index in [9.17, 15) is 9.59 Å². The Morgan fingerprint density at radius 1 is 1.29 bits per heavy atom. The number of hydrogen-bond acceptors (Lipinski definition) is 3. The van der Waals surface area contributed by atoms with Crippen molar-refractivity contribution < 1.29 is 14.3 Å². The molecule has 98 valence electrons. The highest BCUT2D eigenvalue weighted by Gasteiger charge is 2.45. The minimum atomic E-state index is -0.997. The van der Waals surface area contributed by atoms with Crippen LogP contribution in [0, 0.1) is 11.3 Å². The smallest absolute Gasteiger partial charge is 0.324 e. The normalized spacial score (nSPS) is 12.9. The Morgan fingerprint density at radius 2 is 1.82 bits per heavy atom. The molecule has 0 aromatic carbocycles. The van der Waals surface area contributed by atoms with E-state index in [4.69, 9.17) is 4.74 Å². The summed E-state index contributed by atoms with van der Waals surface area (Å²) >= 11 is 0. The van der Waals surface area contributed by atoms with Crippen LogP contribution in [0.1, 0.15) is 53.4 Å². The molecule has 0 heterocycles. The molecule has 0 saturated heterocycles. The number of hydrogen-bond donors (Lipinski definition) is 0. The van der Waals surface area contributed by atoms with Gasteiger partial charge in [-0.3, -0.25) is 9.59 Å². The highest BCUT2D eigenvalue weighted by atomic mass is 16.5. The molecule has 0 saturated carbocycles. The standard InChI is InChI=1S/C14H24O3/c1-6-10-11(5)12(15)14(7-2,8-3)13(16)17-9-4/h9,11H,4,6-8,10H2,1-3,5H3. The Balaban J connectivity index is 5.11. The van der Waals surface area contributed by atoms with Crippen molar-refractivity contribution in [2.75, 3.05) is 0 Å². The summed E-state index contributed by atoms with van der Waals surface area (Å²) in [5.74, 6) is -0.570. The maximum Gasteiger partial charge on any atom is 0.324 e. The second-order valence-electron chi connectivity index (χ2n) is 4.42. The lowest BCUT2D eigenvalue weighted by Crippen LogP contribution is -2.42. The number of carbonyl (C=O) groups excluding carboxylic acids is 2. The summed E-state index contributed by atoms with van der Waals surface area (Å²) in [6.07, 6.45) is 3.79. The summed E-state index contributed by atoms with van der Waals surface area (Å²) in [6, 6.07) is 0. The van der Waals surface area contributed by atoms with E-state index in [0.29, 0.717) is 12.8 Å². The van der Waals surface area contributed by atoms with E-state index in [-0.39, 0.29) is 11.7 Å². The first-order valence-corrected chi connectivity index (χ1v) is 6.36. The van der Waals surface area contributed by atoms with E-state index in [1.165, 1.54) is 0 Å². The molecule has 0 spiro atoms. The highest BCUT2D eigenvalue weighted by Crippen LogP contribution is 2.33. The molecule has 17 heavy (non-hydrogen) atoms. The molecule has 0 amide bonds. The number of carbonyl (C=O) groups is 2. The maximum atomic E-state index is 12.4. The van der Waals surface area contributed by atoms with Gasteiger partial charge in [-0.2, -0.15) is 0 Å². The van der Waals surface area contributed by atoms with Gasteiger partial charge in [0.2, 0.25) is 0 Å². The van der Waals surface area contributed by atoms with Crippen LogP contribution >= 0.6 is 0 Å². The van der Waals surface area contributed by atoms with Crippen LogP contribution in [-0.2, 0) is 14.3 Å². The summed E-state index contributed by atoms with van der Waals surface area (Å²) in [5.41, 5.74) is -0.997. The number of ketones is 1. The van der Waals surface area contributed by atoms with Crippen molar-refractivity contribution in [3.8, 4) is 0 Å². The zero-order valence-corrected chi connectivity index (χ0v) is 11.4. The lowest BCUT2D eigenvalue weighted by atomic mass is 9.73.